The highest BCUT2D eigenvalue weighted by atomic mass is 16.5. The van der Waals surface area contributed by atoms with Gasteiger partial charge >= 0.3 is 0 Å². The fourth-order valence-corrected chi connectivity index (χ4v) is 4.12. The number of hydrogen-bond donors (Lipinski definition) is 1. The Morgan fingerprint density at radius 3 is 2.35 bits per heavy atom. The number of nitrogens with one attached hydrogen (secondary N) is 1. The van der Waals surface area contributed by atoms with Crippen molar-refractivity contribution in [1.29, 1.82) is 0 Å². The maximum absolute atomic E-state index is 12.6. The Labute approximate surface area is 186 Å². The number of benzene rings is 2. The molecule has 1 amide bonds. The van der Waals surface area contributed by atoms with Crippen LogP contribution in [0.2, 0.25) is 0 Å². The van der Waals surface area contributed by atoms with E-state index in [1.807, 2.05) is 12.1 Å². The summed E-state index contributed by atoms with van der Waals surface area (Å²) in [7, 11) is 0. The predicted octanol–water partition coefficient (Wildman–Crippen LogP) is 4.64. The van der Waals surface area contributed by atoms with Crippen LogP contribution in [0.25, 0.3) is 0 Å². The molecule has 166 valence electrons. The fraction of sp³-hybridized carbons (Fsp3) is 0.500. The van der Waals surface area contributed by atoms with E-state index in [0.717, 1.165) is 45.1 Å². The van der Waals surface area contributed by atoms with Crippen LogP contribution < -0.4 is 10.2 Å². The van der Waals surface area contributed by atoms with E-state index < -0.39 is 0 Å². The maximum atomic E-state index is 12.6. The van der Waals surface area contributed by atoms with Gasteiger partial charge in [0.15, 0.2) is 0 Å². The molecule has 1 aliphatic carbocycles. The van der Waals surface area contributed by atoms with Crippen LogP contribution in [0.1, 0.15) is 50.2 Å². The molecule has 4 rings (SSSR count). The normalized spacial score (nSPS) is 16.7. The summed E-state index contributed by atoms with van der Waals surface area (Å²) in [6.07, 6.45) is 3.01. The van der Waals surface area contributed by atoms with E-state index in [-0.39, 0.29) is 5.91 Å². The lowest BCUT2D eigenvalue weighted by Gasteiger charge is -2.28. The van der Waals surface area contributed by atoms with Crippen LogP contribution in [0, 0.1) is 0 Å². The van der Waals surface area contributed by atoms with E-state index in [0.29, 0.717) is 18.4 Å². The number of anilines is 2. The summed E-state index contributed by atoms with van der Waals surface area (Å²) in [6.45, 7) is 9.56. The first kappa shape index (κ1) is 21.8. The number of ether oxygens (including phenoxy) is 1. The molecule has 1 N–H and O–H groups in total. The number of rotatable bonds is 9. The molecule has 0 atom stereocenters. The van der Waals surface area contributed by atoms with Gasteiger partial charge < -0.3 is 15.0 Å². The molecule has 1 aliphatic heterocycles. The van der Waals surface area contributed by atoms with Crippen molar-refractivity contribution in [2.24, 2.45) is 0 Å². The van der Waals surface area contributed by atoms with Crippen LogP contribution in [0.15, 0.2) is 48.5 Å². The quantitative estimate of drug-likeness (QED) is 0.641. The Morgan fingerprint density at radius 2 is 1.74 bits per heavy atom. The molecule has 0 aromatic heterocycles. The lowest BCUT2D eigenvalue weighted by molar-refractivity contribution is -0.116. The number of amides is 1. The summed E-state index contributed by atoms with van der Waals surface area (Å²) < 4.78 is 5.41. The fourth-order valence-electron chi connectivity index (χ4n) is 4.12. The molecule has 5 nitrogen and oxygen atoms in total. The van der Waals surface area contributed by atoms with Crippen LogP contribution >= 0.6 is 0 Å². The monoisotopic (exact) mass is 421 g/mol. The third kappa shape index (κ3) is 6.31. The van der Waals surface area contributed by atoms with Crippen LogP contribution in [0.4, 0.5) is 11.4 Å². The lowest BCUT2D eigenvalue weighted by Crippen LogP contribution is -2.36. The van der Waals surface area contributed by atoms with Gasteiger partial charge in [0.25, 0.3) is 0 Å². The van der Waals surface area contributed by atoms with Crippen molar-refractivity contribution in [3.8, 4) is 0 Å². The first-order chi connectivity index (χ1) is 15.1. The molecule has 2 aliphatic rings. The molecule has 1 saturated heterocycles. The van der Waals surface area contributed by atoms with Crippen molar-refractivity contribution in [3.63, 3.8) is 0 Å². The van der Waals surface area contributed by atoms with Crippen molar-refractivity contribution >= 4 is 17.3 Å². The number of carbonyl (C=O) groups is 1. The minimum absolute atomic E-state index is 0.0833. The van der Waals surface area contributed by atoms with Gasteiger partial charge in [-0.15, -0.1) is 0 Å². The topological polar surface area (TPSA) is 44.8 Å². The zero-order valence-corrected chi connectivity index (χ0v) is 18.8. The van der Waals surface area contributed by atoms with E-state index in [2.05, 4.69) is 65.4 Å². The average molecular weight is 422 g/mol. The zero-order chi connectivity index (χ0) is 21.6. The van der Waals surface area contributed by atoms with Gasteiger partial charge in [-0.05, 0) is 54.2 Å². The van der Waals surface area contributed by atoms with Crippen molar-refractivity contribution in [2.45, 2.75) is 51.6 Å². The van der Waals surface area contributed by atoms with E-state index in [1.54, 1.807) is 0 Å². The molecule has 2 aromatic carbocycles. The van der Waals surface area contributed by atoms with Gasteiger partial charge in [-0.1, -0.05) is 38.1 Å². The third-order valence-corrected chi connectivity index (χ3v) is 6.25. The molecule has 0 spiro atoms. The van der Waals surface area contributed by atoms with E-state index in [9.17, 15) is 4.79 Å². The Bertz CT molecular complexity index is 838. The van der Waals surface area contributed by atoms with Gasteiger partial charge in [-0.2, -0.15) is 0 Å². The summed E-state index contributed by atoms with van der Waals surface area (Å²) in [5.41, 5.74) is 4.75. The standard InChI is InChI=1S/C26H35N3O2/c1-20(2)22-5-3-21(4-6-22)19-29(25-11-12-25)14-13-26(30)27-23-7-9-24(10-8-23)28-15-17-31-18-16-28/h3-10,20,25H,11-19H2,1-2H3,(H,27,30). The number of carbonyl (C=O) groups excluding carboxylic acids is 1. The lowest BCUT2D eigenvalue weighted by atomic mass is 10.0. The van der Waals surface area contributed by atoms with Crippen molar-refractivity contribution in [3.05, 3.63) is 59.7 Å². The first-order valence-corrected chi connectivity index (χ1v) is 11.6. The van der Waals surface area contributed by atoms with Crippen LogP contribution in [-0.4, -0.2) is 49.7 Å². The predicted molar refractivity (Wildman–Crippen MR) is 127 cm³/mol. The van der Waals surface area contributed by atoms with Crippen LogP contribution in [0.5, 0.6) is 0 Å². The van der Waals surface area contributed by atoms with Crippen LogP contribution in [0.3, 0.4) is 0 Å². The minimum Gasteiger partial charge on any atom is -0.378 e. The summed E-state index contributed by atoms with van der Waals surface area (Å²) >= 11 is 0. The highest BCUT2D eigenvalue weighted by Gasteiger charge is 2.29. The second kappa shape index (κ2) is 10.3. The van der Waals surface area contributed by atoms with Crippen molar-refractivity contribution < 1.29 is 9.53 Å². The van der Waals surface area contributed by atoms with E-state index >= 15 is 0 Å². The average Bonchev–Trinajstić information content (AvgIpc) is 3.63. The van der Waals surface area contributed by atoms with Gasteiger partial charge in [-0.25, -0.2) is 0 Å². The highest BCUT2D eigenvalue weighted by Crippen LogP contribution is 2.29. The smallest absolute Gasteiger partial charge is 0.225 e. The third-order valence-electron chi connectivity index (χ3n) is 6.25. The Balaban J connectivity index is 1.26. The van der Waals surface area contributed by atoms with Gasteiger partial charge in [0.2, 0.25) is 5.91 Å². The summed E-state index contributed by atoms with van der Waals surface area (Å²) in [4.78, 5) is 17.3. The number of nitrogens with zero attached hydrogens (tertiary/aromatic N) is 2. The number of hydrogen-bond acceptors (Lipinski definition) is 4. The first-order valence-electron chi connectivity index (χ1n) is 11.6. The Morgan fingerprint density at radius 1 is 1.06 bits per heavy atom. The van der Waals surface area contributed by atoms with Gasteiger partial charge in [0.1, 0.15) is 0 Å². The summed E-state index contributed by atoms with van der Waals surface area (Å²) in [5, 5.41) is 3.06. The molecular weight excluding hydrogens is 386 g/mol. The second-order valence-electron chi connectivity index (χ2n) is 9.04. The second-order valence-corrected chi connectivity index (χ2v) is 9.04. The Kier molecular flexibility index (Phi) is 7.25. The SMILES string of the molecule is CC(C)c1ccc(CN(CCC(=O)Nc2ccc(N3CCOCC3)cc2)C2CC2)cc1. The molecule has 31 heavy (non-hydrogen) atoms. The largest absolute Gasteiger partial charge is 0.378 e. The molecule has 2 aromatic rings. The zero-order valence-electron chi connectivity index (χ0n) is 18.8. The van der Waals surface area contributed by atoms with Crippen LogP contribution in [-0.2, 0) is 16.1 Å². The highest BCUT2D eigenvalue weighted by molar-refractivity contribution is 5.91. The molecule has 0 radical (unpaired) electrons. The maximum Gasteiger partial charge on any atom is 0.225 e. The summed E-state index contributed by atoms with van der Waals surface area (Å²) in [5.74, 6) is 0.639. The van der Waals surface area contributed by atoms with Crippen molar-refractivity contribution in [2.75, 3.05) is 43.1 Å². The molecule has 0 unspecified atom stereocenters. The number of morpholine rings is 1. The van der Waals surface area contributed by atoms with Gasteiger partial charge in [-0.3, -0.25) is 9.69 Å². The molecular formula is C26H35N3O2. The van der Waals surface area contributed by atoms with Crippen molar-refractivity contribution in [1.82, 2.24) is 4.90 Å². The van der Waals surface area contributed by atoms with Gasteiger partial charge in [0, 0.05) is 50.0 Å². The Hall–Kier alpha value is -2.37. The van der Waals surface area contributed by atoms with E-state index in [4.69, 9.17) is 4.74 Å². The molecule has 5 heteroatoms. The van der Waals surface area contributed by atoms with Gasteiger partial charge in [0.05, 0.1) is 13.2 Å². The summed E-state index contributed by atoms with van der Waals surface area (Å²) in [6, 6.07) is 17.7. The molecule has 1 saturated carbocycles. The molecule has 2 fully saturated rings. The van der Waals surface area contributed by atoms with E-state index in [1.165, 1.54) is 29.7 Å². The minimum atomic E-state index is 0.0833. The molecule has 1 heterocycles. The molecule has 0 bridgehead atoms.